The predicted octanol–water partition coefficient (Wildman–Crippen LogP) is 5.32. The molecular weight excluding hydrogens is 552 g/mol. The molecule has 0 aliphatic rings. The number of rotatable bonds is 7. The van der Waals surface area contributed by atoms with Crippen molar-refractivity contribution in [2.24, 2.45) is 0 Å². The first-order valence-electron chi connectivity index (χ1n) is 11.0. The molecule has 0 unspecified atom stereocenters. The lowest BCUT2D eigenvalue weighted by Crippen LogP contribution is -2.42. The Kier molecular flexibility index (Phi) is 9.17. The maximum atomic E-state index is 13.4. The van der Waals surface area contributed by atoms with Gasteiger partial charge in [0.15, 0.2) is 11.5 Å². The Morgan fingerprint density at radius 2 is 1.84 bits per heavy atom. The maximum Gasteiger partial charge on any atom is 0.435 e. The number of carbonyl (C=O) groups excluding carboxylic acids is 3. The zero-order chi connectivity index (χ0) is 28.0. The van der Waals surface area contributed by atoms with Crippen LogP contribution < -0.4 is 16.2 Å². The van der Waals surface area contributed by atoms with Crippen molar-refractivity contribution in [1.29, 1.82) is 0 Å². The minimum absolute atomic E-state index is 0.0574. The summed E-state index contributed by atoms with van der Waals surface area (Å²) < 4.78 is 45.9. The minimum atomic E-state index is -4.87. The number of hydrazine groups is 1. The standard InChI is InChI=1S/C23H21Cl2F3N6O4/c1-3-4-8-38-22(37)32-31-20(35)14-10-13(24)9-12(2)18(14)30-21(36)16-11-17(23(26,27)28)33-34(16)19-15(25)6-5-7-29-19/h5-7,9-11H,3-4,8H2,1-2H3,(H,30,36)(H,31,35)(H,32,37). The number of alkyl halides is 3. The van der Waals surface area contributed by atoms with Crippen molar-refractivity contribution >= 4 is 46.8 Å². The summed E-state index contributed by atoms with van der Waals surface area (Å²) in [5, 5.41) is 5.97. The van der Waals surface area contributed by atoms with Gasteiger partial charge < -0.3 is 10.1 Å². The summed E-state index contributed by atoms with van der Waals surface area (Å²) >= 11 is 12.2. The Morgan fingerprint density at radius 3 is 2.50 bits per heavy atom. The van der Waals surface area contributed by atoms with Crippen molar-refractivity contribution in [2.75, 3.05) is 11.9 Å². The first-order chi connectivity index (χ1) is 17.9. The van der Waals surface area contributed by atoms with Crippen LogP contribution in [0.5, 0.6) is 0 Å². The number of hydrogen-bond donors (Lipinski definition) is 3. The second-order valence-corrected chi connectivity index (χ2v) is 8.64. The summed E-state index contributed by atoms with van der Waals surface area (Å²) in [6, 6.07) is 5.98. The molecule has 3 rings (SSSR count). The van der Waals surface area contributed by atoms with Gasteiger partial charge in [-0.2, -0.15) is 18.3 Å². The summed E-state index contributed by atoms with van der Waals surface area (Å²) in [6.07, 6.45) is -3.10. The van der Waals surface area contributed by atoms with Crippen molar-refractivity contribution in [1.82, 2.24) is 25.6 Å². The van der Waals surface area contributed by atoms with Crippen LogP contribution in [0.15, 0.2) is 36.5 Å². The third kappa shape index (κ3) is 6.92. The second kappa shape index (κ2) is 12.1. The number of pyridine rings is 1. The highest BCUT2D eigenvalue weighted by Crippen LogP contribution is 2.31. The average molecular weight is 573 g/mol. The van der Waals surface area contributed by atoms with Gasteiger partial charge in [-0.05, 0) is 43.2 Å². The number of anilines is 1. The van der Waals surface area contributed by atoms with Gasteiger partial charge in [-0.3, -0.25) is 15.0 Å². The molecule has 3 N–H and O–H groups in total. The number of unbranched alkanes of at least 4 members (excludes halogenated alkanes) is 1. The third-order valence-electron chi connectivity index (χ3n) is 4.96. The van der Waals surface area contributed by atoms with Gasteiger partial charge in [-0.15, -0.1) is 0 Å². The van der Waals surface area contributed by atoms with Crippen molar-refractivity contribution < 1.29 is 32.3 Å². The molecule has 10 nitrogen and oxygen atoms in total. The van der Waals surface area contributed by atoms with Crippen LogP contribution in [0.1, 0.15) is 51.9 Å². The van der Waals surface area contributed by atoms with Gasteiger partial charge in [-0.25, -0.2) is 19.9 Å². The molecule has 2 heterocycles. The fourth-order valence-electron chi connectivity index (χ4n) is 3.16. The fourth-order valence-corrected chi connectivity index (χ4v) is 3.64. The Balaban J connectivity index is 1.93. The molecule has 0 bridgehead atoms. The third-order valence-corrected chi connectivity index (χ3v) is 5.48. The van der Waals surface area contributed by atoms with Crippen LogP contribution in [-0.2, 0) is 10.9 Å². The monoisotopic (exact) mass is 572 g/mol. The fraction of sp³-hybridized carbons (Fsp3) is 0.261. The first kappa shape index (κ1) is 28.7. The van der Waals surface area contributed by atoms with E-state index >= 15 is 0 Å². The molecule has 2 aromatic heterocycles. The average Bonchev–Trinajstić information content (AvgIpc) is 3.30. The van der Waals surface area contributed by atoms with E-state index in [1.54, 1.807) is 0 Å². The molecular formula is C23H21Cl2F3N6O4. The number of hydrogen-bond acceptors (Lipinski definition) is 6. The Labute approximate surface area is 224 Å². The van der Waals surface area contributed by atoms with E-state index in [0.717, 1.165) is 6.42 Å². The van der Waals surface area contributed by atoms with Gasteiger partial charge in [-0.1, -0.05) is 36.5 Å². The Bertz CT molecular complexity index is 1360. The summed E-state index contributed by atoms with van der Waals surface area (Å²) in [5.41, 5.74) is 2.33. The molecule has 0 radical (unpaired) electrons. The van der Waals surface area contributed by atoms with Gasteiger partial charge in [0, 0.05) is 17.3 Å². The number of carbonyl (C=O) groups is 3. The van der Waals surface area contributed by atoms with Crippen molar-refractivity contribution in [3.8, 4) is 5.82 Å². The summed E-state index contributed by atoms with van der Waals surface area (Å²) in [7, 11) is 0. The quantitative estimate of drug-likeness (QED) is 0.259. The van der Waals surface area contributed by atoms with Crippen molar-refractivity contribution in [3.63, 3.8) is 0 Å². The highest BCUT2D eigenvalue weighted by Gasteiger charge is 2.37. The molecule has 15 heteroatoms. The lowest BCUT2D eigenvalue weighted by atomic mass is 10.1. The van der Waals surface area contributed by atoms with Gasteiger partial charge in [0.05, 0.1) is 22.9 Å². The lowest BCUT2D eigenvalue weighted by molar-refractivity contribution is -0.141. The van der Waals surface area contributed by atoms with Gasteiger partial charge in [0.1, 0.15) is 5.69 Å². The number of amides is 3. The van der Waals surface area contributed by atoms with E-state index in [4.69, 9.17) is 27.9 Å². The number of aryl methyl sites for hydroxylation is 1. The second-order valence-electron chi connectivity index (χ2n) is 7.80. The van der Waals surface area contributed by atoms with E-state index in [1.807, 2.05) is 6.92 Å². The van der Waals surface area contributed by atoms with Crippen LogP contribution in [0.3, 0.4) is 0 Å². The lowest BCUT2D eigenvalue weighted by Gasteiger charge is -2.15. The summed E-state index contributed by atoms with van der Waals surface area (Å²) in [6.45, 7) is 3.56. The maximum absolute atomic E-state index is 13.4. The van der Waals surface area contributed by atoms with E-state index in [2.05, 4.69) is 26.3 Å². The molecule has 0 saturated carbocycles. The topological polar surface area (TPSA) is 127 Å². The number of aromatic nitrogens is 3. The summed E-state index contributed by atoms with van der Waals surface area (Å²) in [5.74, 6) is -2.15. The number of halogens is 5. The molecule has 3 aromatic rings. The Hall–Kier alpha value is -3.84. The van der Waals surface area contributed by atoms with Gasteiger partial charge >= 0.3 is 12.3 Å². The summed E-state index contributed by atoms with van der Waals surface area (Å²) in [4.78, 5) is 41.7. The van der Waals surface area contributed by atoms with Crippen LogP contribution in [0, 0.1) is 6.92 Å². The van der Waals surface area contributed by atoms with E-state index in [1.165, 1.54) is 37.4 Å². The molecule has 0 spiro atoms. The van der Waals surface area contributed by atoms with Gasteiger partial charge in [0.2, 0.25) is 0 Å². The zero-order valence-electron chi connectivity index (χ0n) is 19.9. The molecule has 0 atom stereocenters. The first-order valence-corrected chi connectivity index (χ1v) is 11.8. The van der Waals surface area contributed by atoms with Crippen molar-refractivity contribution in [2.45, 2.75) is 32.9 Å². The highest BCUT2D eigenvalue weighted by molar-refractivity contribution is 6.32. The molecule has 202 valence electrons. The minimum Gasteiger partial charge on any atom is -0.448 e. The predicted molar refractivity (Wildman–Crippen MR) is 132 cm³/mol. The number of nitrogens with one attached hydrogen (secondary N) is 3. The molecule has 3 amide bonds. The van der Waals surface area contributed by atoms with E-state index < -0.39 is 35.5 Å². The van der Waals surface area contributed by atoms with Crippen LogP contribution in [0.4, 0.5) is 23.7 Å². The Morgan fingerprint density at radius 1 is 1.11 bits per heavy atom. The van der Waals surface area contributed by atoms with Crippen LogP contribution in [0.2, 0.25) is 10.0 Å². The van der Waals surface area contributed by atoms with E-state index in [-0.39, 0.29) is 33.7 Å². The molecule has 0 aliphatic carbocycles. The molecule has 38 heavy (non-hydrogen) atoms. The molecule has 1 aromatic carbocycles. The van der Waals surface area contributed by atoms with E-state index in [9.17, 15) is 27.6 Å². The van der Waals surface area contributed by atoms with Crippen LogP contribution in [0.25, 0.3) is 5.82 Å². The number of benzene rings is 1. The van der Waals surface area contributed by atoms with Gasteiger partial charge in [0.25, 0.3) is 11.8 Å². The SMILES string of the molecule is CCCCOC(=O)NNC(=O)c1cc(Cl)cc(C)c1NC(=O)c1cc(C(F)(F)F)nn1-c1ncccc1Cl. The molecule has 0 saturated heterocycles. The smallest absolute Gasteiger partial charge is 0.435 e. The van der Waals surface area contributed by atoms with Crippen molar-refractivity contribution in [3.05, 3.63) is 69.1 Å². The molecule has 0 aliphatic heterocycles. The van der Waals surface area contributed by atoms with Crippen LogP contribution >= 0.6 is 23.2 Å². The number of ether oxygens (including phenoxy) is 1. The molecule has 0 fully saturated rings. The largest absolute Gasteiger partial charge is 0.448 e. The van der Waals surface area contributed by atoms with E-state index in [0.29, 0.717) is 22.7 Å². The number of nitrogens with zero attached hydrogens (tertiary/aromatic N) is 3. The van der Waals surface area contributed by atoms with Crippen LogP contribution in [-0.4, -0.2) is 39.3 Å². The highest BCUT2D eigenvalue weighted by atomic mass is 35.5. The zero-order valence-corrected chi connectivity index (χ0v) is 21.5. The normalized spacial score (nSPS) is 11.1.